The summed E-state index contributed by atoms with van der Waals surface area (Å²) in [5, 5.41) is 1.62. The lowest BCUT2D eigenvalue weighted by molar-refractivity contribution is 0.476. The van der Waals surface area contributed by atoms with Crippen molar-refractivity contribution in [2.45, 2.75) is 6.04 Å². The topological polar surface area (TPSA) is 51.2 Å². The van der Waals surface area contributed by atoms with Gasteiger partial charge in [0.2, 0.25) is 0 Å². The van der Waals surface area contributed by atoms with E-state index in [-0.39, 0.29) is 6.04 Å². The lowest BCUT2D eigenvalue weighted by Crippen LogP contribution is -2.28. The molecule has 0 aliphatic rings. The highest BCUT2D eigenvalue weighted by atomic mass is 79.9. The summed E-state index contributed by atoms with van der Waals surface area (Å²) in [5.41, 5.74) is 4.56. The van der Waals surface area contributed by atoms with E-state index in [0.717, 1.165) is 31.2 Å². The fourth-order valence-corrected chi connectivity index (χ4v) is 3.27. The molecular formula is C15H11Br2ClN2O. The summed E-state index contributed by atoms with van der Waals surface area (Å²) < 4.78 is 7.81. The second-order valence-electron chi connectivity index (χ2n) is 4.60. The fraction of sp³-hybridized carbons (Fsp3) is 0.0667. The fourth-order valence-electron chi connectivity index (χ4n) is 2.24. The quantitative estimate of drug-likeness (QED) is 0.446. The molecule has 0 aliphatic carbocycles. The summed E-state index contributed by atoms with van der Waals surface area (Å²) >= 11 is 13.0. The number of halogens is 3. The Labute approximate surface area is 143 Å². The van der Waals surface area contributed by atoms with Crippen LogP contribution in [0.4, 0.5) is 0 Å². The van der Waals surface area contributed by atoms with Crippen LogP contribution in [0.15, 0.2) is 55.8 Å². The van der Waals surface area contributed by atoms with Gasteiger partial charge in [-0.25, -0.2) is 5.43 Å². The van der Waals surface area contributed by atoms with Gasteiger partial charge in [0.15, 0.2) is 0 Å². The maximum Gasteiger partial charge on any atom is 0.134 e. The van der Waals surface area contributed by atoms with E-state index in [9.17, 15) is 0 Å². The van der Waals surface area contributed by atoms with Gasteiger partial charge >= 0.3 is 0 Å². The summed E-state index contributed by atoms with van der Waals surface area (Å²) in [6, 6.07) is 13.1. The molecule has 0 bridgehead atoms. The number of nitrogens with one attached hydrogen (secondary N) is 1. The highest BCUT2D eigenvalue weighted by Gasteiger charge is 2.20. The second kappa shape index (κ2) is 6.10. The molecule has 3 N–H and O–H groups in total. The Bertz CT molecular complexity index is 803. The molecule has 108 valence electrons. The average molecular weight is 431 g/mol. The maximum atomic E-state index is 6.01. The molecule has 0 aliphatic heterocycles. The SMILES string of the molecule is NNC(c1cc2cc(Cl)ccc2o1)c1cc(Br)ccc1Br. The molecule has 0 saturated carbocycles. The van der Waals surface area contributed by atoms with Gasteiger partial charge in [-0.05, 0) is 48.0 Å². The van der Waals surface area contributed by atoms with Gasteiger partial charge in [-0.2, -0.15) is 0 Å². The van der Waals surface area contributed by atoms with E-state index in [1.807, 2.05) is 36.4 Å². The zero-order chi connectivity index (χ0) is 15.0. The normalized spacial score (nSPS) is 12.8. The van der Waals surface area contributed by atoms with Gasteiger partial charge in [-0.15, -0.1) is 0 Å². The lowest BCUT2D eigenvalue weighted by atomic mass is 10.1. The largest absolute Gasteiger partial charge is 0.459 e. The van der Waals surface area contributed by atoms with Crippen molar-refractivity contribution in [2.24, 2.45) is 5.84 Å². The number of furan rings is 1. The molecular weight excluding hydrogens is 419 g/mol. The minimum atomic E-state index is -0.261. The first-order chi connectivity index (χ1) is 10.1. The van der Waals surface area contributed by atoms with Crippen molar-refractivity contribution in [1.29, 1.82) is 0 Å². The van der Waals surface area contributed by atoms with E-state index in [1.54, 1.807) is 6.07 Å². The van der Waals surface area contributed by atoms with Crippen molar-refractivity contribution in [2.75, 3.05) is 0 Å². The first-order valence-electron chi connectivity index (χ1n) is 6.18. The van der Waals surface area contributed by atoms with Crippen LogP contribution < -0.4 is 11.3 Å². The van der Waals surface area contributed by atoms with Gasteiger partial charge in [0.25, 0.3) is 0 Å². The minimum absolute atomic E-state index is 0.261. The molecule has 1 unspecified atom stereocenters. The molecule has 3 aromatic rings. The maximum absolute atomic E-state index is 6.01. The molecule has 0 saturated heterocycles. The highest BCUT2D eigenvalue weighted by Crippen LogP contribution is 2.34. The van der Waals surface area contributed by atoms with Crippen molar-refractivity contribution in [3.8, 4) is 0 Å². The zero-order valence-electron chi connectivity index (χ0n) is 10.7. The van der Waals surface area contributed by atoms with Crippen molar-refractivity contribution < 1.29 is 4.42 Å². The van der Waals surface area contributed by atoms with Crippen LogP contribution in [0.1, 0.15) is 17.4 Å². The predicted molar refractivity (Wildman–Crippen MR) is 92.2 cm³/mol. The molecule has 3 rings (SSSR count). The van der Waals surface area contributed by atoms with Gasteiger partial charge in [-0.3, -0.25) is 5.84 Å². The Hall–Kier alpha value is -0.850. The molecule has 1 heterocycles. The third-order valence-corrected chi connectivity index (χ3v) is 4.67. The van der Waals surface area contributed by atoms with Crippen LogP contribution in [0.25, 0.3) is 11.0 Å². The number of benzene rings is 2. The molecule has 6 heteroatoms. The predicted octanol–water partition coefficient (Wildman–Crippen LogP) is 5.16. The van der Waals surface area contributed by atoms with Crippen LogP contribution >= 0.6 is 43.5 Å². The number of hydrazine groups is 1. The Morgan fingerprint density at radius 3 is 2.67 bits per heavy atom. The smallest absolute Gasteiger partial charge is 0.134 e. The third-order valence-electron chi connectivity index (χ3n) is 3.22. The summed E-state index contributed by atoms with van der Waals surface area (Å²) in [7, 11) is 0. The highest BCUT2D eigenvalue weighted by molar-refractivity contribution is 9.11. The van der Waals surface area contributed by atoms with E-state index < -0.39 is 0 Å². The van der Waals surface area contributed by atoms with Gasteiger partial charge < -0.3 is 4.42 Å². The van der Waals surface area contributed by atoms with E-state index >= 15 is 0 Å². The van der Waals surface area contributed by atoms with Crippen molar-refractivity contribution in [1.82, 2.24) is 5.43 Å². The molecule has 0 fully saturated rings. The van der Waals surface area contributed by atoms with Gasteiger partial charge in [0.05, 0.1) is 0 Å². The average Bonchev–Trinajstić information content (AvgIpc) is 2.86. The van der Waals surface area contributed by atoms with Crippen LogP contribution in [-0.2, 0) is 0 Å². The molecule has 1 aromatic heterocycles. The van der Waals surface area contributed by atoms with Crippen molar-refractivity contribution in [3.05, 3.63) is 67.8 Å². The van der Waals surface area contributed by atoms with Crippen molar-refractivity contribution in [3.63, 3.8) is 0 Å². The summed E-state index contributed by atoms with van der Waals surface area (Å²) in [6.45, 7) is 0. The van der Waals surface area contributed by atoms with Gasteiger partial charge in [0.1, 0.15) is 17.4 Å². The minimum Gasteiger partial charge on any atom is -0.459 e. The van der Waals surface area contributed by atoms with E-state index in [2.05, 4.69) is 37.3 Å². The Balaban J connectivity index is 2.11. The summed E-state index contributed by atoms with van der Waals surface area (Å²) in [6.07, 6.45) is 0. The monoisotopic (exact) mass is 428 g/mol. The number of rotatable bonds is 3. The summed E-state index contributed by atoms with van der Waals surface area (Å²) in [4.78, 5) is 0. The van der Waals surface area contributed by atoms with E-state index in [4.69, 9.17) is 21.9 Å². The van der Waals surface area contributed by atoms with Crippen LogP contribution in [0, 0.1) is 0 Å². The Morgan fingerprint density at radius 1 is 1.10 bits per heavy atom. The van der Waals surface area contributed by atoms with Crippen LogP contribution in [0.2, 0.25) is 5.02 Å². The number of nitrogens with two attached hydrogens (primary N) is 1. The van der Waals surface area contributed by atoms with Crippen LogP contribution in [0.5, 0.6) is 0 Å². The van der Waals surface area contributed by atoms with Crippen LogP contribution in [-0.4, -0.2) is 0 Å². The number of hydrogen-bond acceptors (Lipinski definition) is 3. The molecule has 0 radical (unpaired) electrons. The summed E-state index contributed by atoms with van der Waals surface area (Å²) in [5.74, 6) is 6.47. The zero-order valence-corrected chi connectivity index (χ0v) is 14.7. The molecule has 3 nitrogen and oxygen atoms in total. The standard InChI is InChI=1S/C15H11Br2ClN2O/c16-9-1-3-12(17)11(7-9)15(20-19)14-6-8-5-10(18)2-4-13(8)21-14/h1-7,15,20H,19H2. The van der Waals surface area contributed by atoms with Crippen molar-refractivity contribution >= 4 is 54.4 Å². The Kier molecular flexibility index (Phi) is 4.38. The van der Waals surface area contributed by atoms with Crippen LogP contribution in [0.3, 0.4) is 0 Å². The molecule has 2 aromatic carbocycles. The number of fused-ring (bicyclic) bond motifs is 1. The number of hydrogen-bond donors (Lipinski definition) is 2. The van der Waals surface area contributed by atoms with Gasteiger partial charge in [0, 0.05) is 19.4 Å². The molecule has 1 atom stereocenters. The lowest BCUT2D eigenvalue weighted by Gasteiger charge is -2.15. The Morgan fingerprint density at radius 2 is 1.90 bits per heavy atom. The molecule has 0 spiro atoms. The molecule has 0 amide bonds. The molecule has 21 heavy (non-hydrogen) atoms. The van der Waals surface area contributed by atoms with Gasteiger partial charge in [-0.1, -0.05) is 43.5 Å². The van der Waals surface area contributed by atoms with E-state index in [1.165, 1.54) is 0 Å². The second-order valence-corrected chi connectivity index (χ2v) is 6.80. The first-order valence-corrected chi connectivity index (χ1v) is 8.15. The first kappa shape index (κ1) is 15.1. The van der Waals surface area contributed by atoms with E-state index in [0.29, 0.717) is 5.02 Å². The third kappa shape index (κ3) is 3.03.